The number of aromatic nitrogens is 2. The topological polar surface area (TPSA) is 137 Å². The van der Waals surface area contributed by atoms with Crippen molar-refractivity contribution in [1.29, 1.82) is 5.41 Å². The van der Waals surface area contributed by atoms with Crippen LogP contribution in [0.4, 0.5) is 15.8 Å². The Kier molecular flexibility index (Phi) is 10.5. The number of nitrogens with zero attached hydrogens (tertiary/aromatic N) is 3. The summed E-state index contributed by atoms with van der Waals surface area (Å²) in [5.41, 5.74) is 13.9. The van der Waals surface area contributed by atoms with Crippen molar-refractivity contribution in [2.24, 2.45) is 5.92 Å². The number of pyridine rings is 2. The zero-order valence-electron chi connectivity index (χ0n) is 27.1. The Labute approximate surface area is 276 Å². The van der Waals surface area contributed by atoms with Crippen LogP contribution >= 0.6 is 0 Å². The van der Waals surface area contributed by atoms with Gasteiger partial charge in [0.2, 0.25) is 10.0 Å². The van der Waals surface area contributed by atoms with Crippen LogP contribution < -0.4 is 15.8 Å². The quantitative estimate of drug-likeness (QED) is 0.105. The summed E-state index contributed by atoms with van der Waals surface area (Å²) >= 11 is 0. The maximum absolute atomic E-state index is 14.6. The lowest BCUT2D eigenvalue weighted by atomic mass is 9.96. The normalized spacial score (nSPS) is 16.3. The molecule has 1 atom stereocenters. The second kappa shape index (κ2) is 14.5. The van der Waals surface area contributed by atoms with Crippen molar-refractivity contribution < 1.29 is 12.8 Å². The first-order chi connectivity index (χ1) is 22.4. The first-order valence-electron chi connectivity index (χ1n) is 15.7. The predicted molar refractivity (Wildman–Crippen MR) is 189 cm³/mol. The molecule has 1 aromatic carbocycles. The Morgan fingerprint density at radius 2 is 2.00 bits per heavy atom. The van der Waals surface area contributed by atoms with Crippen molar-refractivity contribution in [2.75, 3.05) is 36.9 Å². The standard InChI is InChI=1S/C36H42FN7O2S/c1-5-23(2)16-26(17-24(3)22-44-14-6-7-15-44)31-11-9-30(38)36(43-31)34(39)33-10-8-29-32(42-33)12-13-40-35(29)27-18-25(19-28(37)20-27)21-41-47(4,45)46/h5,9-13,16-20,23,39,41-42H,1,6-8,14-15,21-22,38H2,2-4H3/b24-17+,26-16+,39-34?/t23-/m0/s1. The molecule has 2 aliphatic rings. The lowest BCUT2D eigenvalue weighted by Gasteiger charge is -2.22. The van der Waals surface area contributed by atoms with Crippen LogP contribution in [0.5, 0.6) is 0 Å². The Morgan fingerprint density at radius 1 is 1.23 bits per heavy atom. The maximum atomic E-state index is 14.6. The van der Waals surface area contributed by atoms with Gasteiger partial charge in [0.1, 0.15) is 17.2 Å². The average molecular weight is 656 g/mol. The number of hydrogen-bond donors (Lipinski definition) is 4. The average Bonchev–Trinajstić information content (AvgIpc) is 3.55. The summed E-state index contributed by atoms with van der Waals surface area (Å²) < 4.78 is 40.2. The van der Waals surface area contributed by atoms with Crippen LogP contribution in [0, 0.1) is 17.1 Å². The fourth-order valence-corrected chi connectivity index (χ4v) is 6.28. The number of allylic oxidation sites excluding steroid dienone is 6. The number of nitrogen functional groups attached to an aromatic ring is 1. The Balaban J connectivity index is 1.42. The molecule has 0 saturated carbocycles. The van der Waals surface area contributed by atoms with Crippen LogP contribution in [0.25, 0.3) is 16.8 Å². The zero-order chi connectivity index (χ0) is 33.7. The van der Waals surface area contributed by atoms with Gasteiger partial charge in [-0.25, -0.2) is 22.5 Å². The molecule has 0 radical (unpaired) electrons. The van der Waals surface area contributed by atoms with Crippen molar-refractivity contribution >= 4 is 32.7 Å². The van der Waals surface area contributed by atoms with E-state index in [9.17, 15) is 12.8 Å². The smallest absolute Gasteiger partial charge is 0.209 e. The van der Waals surface area contributed by atoms with Crippen LogP contribution in [0.1, 0.15) is 49.2 Å². The molecule has 0 unspecified atom stereocenters. The number of fused-ring (bicyclic) bond motifs is 1. The molecule has 3 aromatic rings. The van der Waals surface area contributed by atoms with Gasteiger partial charge < -0.3 is 11.1 Å². The first-order valence-corrected chi connectivity index (χ1v) is 17.6. The zero-order valence-corrected chi connectivity index (χ0v) is 27.9. The lowest BCUT2D eigenvalue weighted by Crippen LogP contribution is -2.21. The van der Waals surface area contributed by atoms with Crippen molar-refractivity contribution in [3.63, 3.8) is 0 Å². The number of halogens is 1. The van der Waals surface area contributed by atoms with E-state index in [1.165, 1.54) is 30.5 Å². The minimum absolute atomic E-state index is 0.0389. The summed E-state index contributed by atoms with van der Waals surface area (Å²) in [4.78, 5) is 11.9. The van der Waals surface area contributed by atoms with Gasteiger partial charge in [-0.05, 0) is 92.7 Å². The van der Waals surface area contributed by atoms with E-state index in [1.807, 2.05) is 24.3 Å². The molecule has 4 heterocycles. The van der Waals surface area contributed by atoms with Gasteiger partial charge >= 0.3 is 0 Å². The highest BCUT2D eigenvalue weighted by molar-refractivity contribution is 7.88. The van der Waals surface area contributed by atoms with E-state index in [0.717, 1.165) is 48.4 Å². The van der Waals surface area contributed by atoms with Crippen molar-refractivity contribution in [1.82, 2.24) is 19.6 Å². The van der Waals surface area contributed by atoms with Crippen LogP contribution in [0.3, 0.4) is 0 Å². The molecule has 9 nitrogen and oxygen atoms in total. The summed E-state index contributed by atoms with van der Waals surface area (Å²) in [6, 6.07) is 9.89. The molecule has 0 aliphatic carbocycles. The van der Waals surface area contributed by atoms with Gasteiger partial charge in [0, 0.05) is 36.1 Å². The minimum Gasteiger partial charge on any atom is -0.397 e. The van der Waals surface area contributed by atoms with Gasteiger partial charge in [-0.15, -0.1) is 6.58 Å². The first kappa shape index (κ1) is 33.9. The highest BCUT2D eigenvalue weighted by Gasteiger charge is 2.22. The van der Waals surface area contributed by atoms with Crippen molar-refractivity contribution in [3.05, 3.63) is 113 Å². The van der Waals surface area contributed by atoms with E-state index in [1.54, 1.807) is 18.3 Å². The van der Waals surface area contributed by atoms with E-state index >= 15 is 0 Å². The molecular weight excluding hydrogens is 614 g/mol. The predicted octanol–water partition coefficient (Wildman–Crippen LogP) is 6.08. The van der Waals surface area contributed by atoms with Gasteiger partial charge in [-0.3, -0.25) is 15.3 Å². The third-order valence-corrected chi connectivity index (χ3v) is 8.89. The Morgan fingerprint density at radius 3 is 2.72 bits per heavy atom. The highest BCUT2D eigenvalue weighted by Crippen LogP contribution is 2.33. The third-order valence-electron chi connectivity index (χ3n) is 8.22. The molecule has 246 valence electrons. The molecule has 47 heavy (non-hydrogen) atoms. The summed E-state index contributed by atoms with van der Waals surface area (Å²) in [6.07, 6.45) is 13.6. The van der Waals surface area contributed by atoms with E-state index in [0.29, 0.717) is 40.3 Å². The number of anilines is 2. The molecule has 1 saturated heterocycles. The SMILES string of the molecule is C=C[C@H](C)/C=C(\C=C(/C)CN1CCCC1)c1ccc(N)c(C(=N)C2=CCc3c(ccnc3-c3cc(F)cc(CNS(C)(=O)=O)c3)N2)n1. The third kappa shape index (κ3) is 8.68. The summed E-state index contributed by atoms with van der Waals surface area (Å²) in [5.74, 6) is -0.373. The molecule has 11 heteroatoms. The van der Waals surface area contributed by atoms with Crippen molar-refractivity contribution in [3.8, 4) is 11.3 Å². The molecule has 0 bridgehead atoms. The van der Waals surface area contributed by atoms with Gasteiger partial charge in [-0.2, -0.15) is 0 Å². The second-order valence-corrected chi connectivity index (χ2v) is 14.1. The fraction of sp³-hybridized carbons (Fsp3) is 0.306. The Hall–Kier alpha value is -4.45. The van der Waals surface area contributed by atoms with Crippen LogP contribution in [-0.4, -0.2) is 54.9 Å². The van der Waals surface area contributed by atoms with E-state index < -0.39 is 15.8 Å². The monoisotopic (exact) mass is 655 g/mol. The van der Waals surface area contributed by atoms with Crippen molar-refractivity contribution in [2.45, 2.75) is 39.7 Å². The molecule has 5 N–H and O–H groups in total. The number of nitrogens with one attached hydrogen (secondary N) is 3. The Bertz CT molecular complexity index is 1890. The summed E-state index contributed by atoms with van der Waals surface area (Å²) in [5, 5.41) is 12.5. The fourth-order valence-electron chi connectivity index (χ4n) is 5.86. The number of hydrogen-bond acceptors (Lipinski definition) is 8. The van der Waals surface area contributed by atoms with Crippen LogP contribution in [-0.2, 0) is 23.0 Å². The number of rotatable bonds is 12. The van der Waals surface area contributed by atoms with E-state index in [4.69, 9.17) is 16.1 Å². The molecular formula is C36H42FN7O2S. The molecule has 0 amide bonds. The van der Waals surface area contributed by atoms with E-state index in [2.05, 4.69) is 52.5 Å². The highest BCUT2D eigenvalue weighted by atomic mass is 32.2. The number of likely N-dealkylation sites (tertiary alicyclic amines) is 1. The minimum atomic E-state index is -3.44. The summed E-state index contributed by atoms with van der Waals surface area (Å²) in [6.45, 7) is 11.3. The lowest BCUT2D eigenvalue weighted by molar-refractivity contribution is 0.368. The van der Waals surface area contributed by atoms with Gasteiger partial charge in [-0.1, -0.05) is 36.8 Å². The summed E-state index contributed by atoms with van der Waals surface area (Å²) in [7, 11) is -3.44. The molecule has 5 rings (SSSR count). The number of benzene rings is 1. The maximum Gasteiger partial charge on any atom is 0.209 e. The number of nitrogens with two attached hydrogens (primary N) is 1. The van der Waals surface area contributed by atoms with Crippen LogP contribution in [0.2, 0.25) is 0 Å². The second-order valence-electron chi connectivity index (χ2n) is 12.3. The molecule has 0 spiro atoms. The molecule has 2 aliphatic heterocycles. The van der Waals surface area contributed by atoms with Gasteiger partial charge in [0.25, 0.3) is 0 Å². The molecule has 2 aromatic heterocycles. The van der Waals surface area contributed by atoms with Gasteiger partial charge in [0.05, 0.1) is 29.0 Å². The number of sulfonamides is 1. The molecule has 1 fully saturated rings. The van der Waals surface area contributed by atoms with Crippen LogP contribution in [0.15, 0.2) is 84.7 Å². The largest absolute Gasteiger partial charge is 0.397 e. The van der Waals surface area contributed by atoms with Gasteiger partial charge in [0.15, 0.2) is 0 Å². The van der Waals surface area contributed by atoms with E-state index in [-0.39, 0.29) is 18.2 Å².